The van der Waals surface area contributed by atoms with Crippen LogP contribution in [0.5, 0.6) is 0 Å². The number of thioether (sulfide) groups is 1. The SMILES string of the molecule is Cc1ccc(CC2SC(=O)N(CC(=O)O)C2=O)cc1. The number of nitrogens with zero attached hydrogens (tertiary/aromatic N) is 1. The molecule has 0 spiro atoms. The number of hydrogen-bond donors (Lipinski definition) is 1. The summed E-state index contributed by atoms with van der Waals surface area (Å²) >= 11 is 0.897. The van der Waals surface area contributed by atoms with E-state index in [9.17, 15) is 14.4 Å². The van der Waals surface area contributed by atoms with Crippen LogP contribution in [0.25, 0.3) is 0 Å². The highest BCUT2D eigenvalue weighted by Crippen LogP contribution is 2.29. The number of benzene rings is 1. The number of carbonyl (C=O) groups is 3. The van der Waals surface area contributed by atoms with Gasteiger partial charge in [-0.05, 0) is 18.9 Å². The first kappa shape index (κ1) is 13.6. The zero-order valence-corrected chi connectivity index (χ0v) is 11.1. The van der Waals surface area contributed by atoms with Crippen molar-refractivity contribution in [3.63, 3.8) is 0 Å². The van der Waals surface area contributed by atoms with E-state index in [2.05, 4.69) is 0 Å². The van der Waals surface area contributed by atoms with Gasteiger partial charge >= 0.3 is 5.97 Å². The molecule has 1 aliphatic rings. The molecule has 2 amide bonds. The lowest BCUT2D eigenvalue weighted by atomic mass is 10.1. The molecule has 1 N–H and O–H groups in total. The molecule has 0 aromatic heterocycles. The van der Waals surface area contributed by atoms with Crippen LogP contribution in [0.2, 0.25) is 0 Å². The van der Waals surface area contributed by atoms with E-state index in [0.717, 1.165) is 27.8 Å². The lowest BCUT2D eigenvalue weighted by Gasteiger charge is -2.10. The Morgan fingerprint density at radius 2 is 1.95 bits per heavy atom. The van der Waals surface area contributed by atoms with Gasteiger partial charge in [0.25, 0.3) is 5.24 Å². The van der Waals surface area contributed by atoms with Gasteiger partial charge in [0.15, 0.2) is 0 Å². The van der Waals surface area contributed by atoms with Gasteiger partial charge in [-0.3, -0.25) is 19.3 Å². The van der Waals surface area contributed by atoms with Crippen molar-refractivity contribution in [2.45, 2.75) is 18.6 Å². The molecule has 1 atom stereocenters. The molecule has 5 nitrogen and oxygen atoms in total. The fourth-order valence-corrected chi connectivity index (χ4v) is 2.87. The summed E-state index contributed by atoms with van der Waals surface area (Å²) in [6.45, 7) is 1.41. The van der Waals surface area contributed by atoms with Crippen molar-refractivity contribution >= 4 is 28.9 Å². The Kier molecular flexibility index (Phi) is 3.90. The molecule has 0 aliphatic carbocycles. The monoisotopic (exact) mass is 279 g/mol. The molecule has 1 aromatic rings. The first-order valence-electron chi connectivity index (χ1n) is 5.76. The van der Waals surface area contributed by atoms with Gasteiger partial charge in [0, 0.05) is 0 Å². The normalized spacial score (nSPS) is 19.0. The molecule has 1 heterocycles. The molecule has 0 saturated carbocycles. The summed E-state index contributed by atoms with van der Waals surface area (Å²) in [7, 11) is 0. The van der Waals surface area contributed by atoms with E-state index in [4.69, 9.17) is 5.11 Å². The second-order valence-electron chi connectivity index (χ2n) is 4.38. The van der Waals surface area contributed by atoms with Crippen molar-refractivity contribution in [2.24, 2.45) is 0 Å². The van der Waals surface area contributed by atoms with Crippen molar-refractivity contribution in [3.8, 4) is 0 Å². The highest BCUT2D eigenvalue weighted by atomic mass is 32.2. The summed E-state index contributed by atoms with van der Waals surface area (Å²) in [4.78, 5) is 34.9. The summed E-state index contributed by atoms with van der Waals surface area (Å²) in [5, 5.41) is 7.66. The molecule has 0 radical (unpaired) electrons. The topological polar surface area (TPSA) is 74.7 Å². The highest BCUT2D eigenvalue weighted by Gasteiger charge is 2.40. The predicted octanol–water partition coefficient (Wildman–Crippen LogP) is 1.69. The van der Waals surface area contributed by atoms with Crippen molar-refractivity contribution in [1.82, 2.24) is 4.90 Å². The Morgan fingerprint density at radius 1 is 1.32 bits per heavy atom. The van der Waals surface area contributed by atoms with Crippen LogP contribution in [0.4, 0.5) is 4.79 Å². The van der Waals surface area contributed by atoms with Crippen molar-refractivity contribution < 1.29 is 19.5 Å². The fourth-order valence-electron chi connectivity index (χ4n) is 1.84. The van der Waals surface area contributed by atoms with E-state index in [1.807, 2.05) is 31.2 Å². The van der Waals surface area contributed by atoms with E-state index < -0.39 is 28.9 Å². The van der Waals surface area contributed by atoms with E-state index in [1.165, 1.54) is 0 Å². The minimum atomic E-state index is -1.18. The summed E-state index contributed by atoms with van der Waals surface area (Å²) < 4.78 is 0. The molecular weight excluding hydrogens is 266 g/mol. The second kappa shape index (κ2) is 5.44. The van der Waals surface area contributed by atoms with Crippen LogP contribution >= 0.6 is 11.8 Å². The first-order valence-corrected chi connectivity index (χ1v) is 6.64. The number of aliphatic carboxylic acids is 1. The number of rotatable bonds is 4. The van der Waals surface area contributed by atoms with Gasteiger partial charge in [0.05, 0.1) is 5.25 Å². The zero-order chi connectivity index (χ0) is 14.0. The second-order valence-corrected chi connectivity index (χ2v) is 5.53. The van der Waals surface area contributed by atoms with Crippen LogP contribution in [0.3, 0.4) is 0 Å². The lowest BCUT2D eigenvalue weighted by Crippen LogP contribution is -2.36. The van der Waals surface area contributed by atoms with Gasteiger partial charge in [-0.25, -0.2) is 0 Å². The van der Waals surface area contributed by atoms with Crippen LogP contribution in [0.15, 0.2) is 24.3 Å². The molecule has 1 saturated heterocycles. The van der Waals surface area contributed by atoms with E-state index in [-0.39, 0.29) is 0 Å². The van der Waals surface area contributed by atoms with Gasteiger partial charge in [-0.15, -0.1) is 0 Å². The summed E-state index contributed by atoms with van der Waals surface area (Å²) in [5.74, 6) is -1.60. The molecule has 6 heteroatoms. The lowest BCUT2D eigenvalue weighted by molar-refractivity contribution is -0.141. The van der Waals surface area contributed by atoms with Crippen LogP contribution in [-0.2, 0) is 16.0 Å². The maximum Gasteiger partial charge on any atom is 0.323 e. The number of carbonyl (C=O) groups excluding carboxylic acids is 2. The number of aryl methyl sites for hydroxylation is 1. The molecule has 0 bridgehead atoms. The van der Waals surface area contributed by atoms with E-state index >= 15 is 0 Å². The quantitative estimate of drug-likeness (QED) is 0.907. The molecular formula is C13H13NO4S. The van der Waals surface area contributed by atoms with Gasteiger partial charge in [0.2, 0.25) is 5.91 Å². The Labute approximate surface area is 114 Å². The maximum atomic E-state index is 11.9. The minimum absolute atomic E-state index is 0.419. The van der Waals surface area contributed by atoms with E-state index in [0.29, 0.717) is 6.42 Å². The molecule has 1 aromatic carbocycles. The third kappa shape index (κ3) is 3.14. The minimum Gasteiger partial charge on any atom is -0.480 e. The Balaban J connectivity index is 2.06. The number of hydrogen-bond acceptors (Lipinski definition) is 4. The average Bonchev–Trinajstić information content (AvgIpc) is 2.60. The molecule has 100 valence electrons. The number of carboxylic acid groups (broad SMARTS) is 1. The van der Waals surface area contributed by atoms with Gasteiger partial charge in [0.1, 0.15) is 6.54 Å². The largest absolute Gasteiger partial charge is 0.480 e. The summed E-state index contributed by atoms with van der Waals surface area (Å²) in [6.07, 6.45) is 0.436. The van der Waals surface area contributed by atoms with Gasteiger partial charge in [-0.2, -0.15) is 0 Å². The average molecular weight is 279 g/mol. The highest BCUT2D eigenvalue weighted by molar-refractivity contribution is 8.15. The third-order valence-corrected chi connectivity index (χ3v) is 3.91. The first-order chi connectivity index (χ1) is 8.97. The summed E-state index contributed by atoms with van der Waals surface area (Å²) in [5.41, 5.74) is 2.08. The number of carboxylic acids is 1. The Hall–Kier alpha value is -1.82. The van der Waals surface area contributed by atoms with Crippen LogP contribution in [0, 0.1) is 6.92 Å². The van der Waals surface area contributed by atoms with Crippen LogP contribution in [0.1, 0.15) is 11.1 Å². The fraction of sp³-hybridized carbons (Fsp3) is 0.308. The Morgan fingerprint density at radius 3 is 2.53 bits per heavy atom. The molecule has 1 fully saturated rings. The summed E-state index contributed by atoms with van der Waals surface area (Å²) in [6, 6.07) is 7.70. The van der Waals surface area contributed by atoms with Gasteiger partial charge in [-0.1, -0.05) is 41.6 Å². The number of amides is 2. The third-order valence-electron chi connectivity index (χ3n) is 2.84. The van der Waals surface area contributed by atoms with Gasteiger partial charge < -0.3 is 5.11 Å². The smallest absolute Gasteiger partial charge is 0.323 e. The predicted molar refractivity (Wildman–Crippen MR) is 71.0 cm³/mol. The molecule has 19 heavy (non-hydrogen) atoms. The van der Waals surface area contributed by atoms with Crippen molar-refractivity contribution in [2.75, 3.05) is 6.54 Å². The number of imide groups is 1. The maximum absolute atomic E-state index is 11.9. The van der Waals surface area contributed by atoms with Crippen LogP contribution in [-0.4, -0.2) is 38.9 Å². The molecule has 1 aliphatic heterocycles. The molecule has 2 rings (SSSR count). The van der Waals surface area contributed by atoms with Crippen LogP contribution < -0.4 is 0 Å². The van der Waals surface area contributed by atoms with E-state index in [1.54, 1.807) is 0 Å². The van der Waals surface area contributed by atoms with Crippen molar-refractivity contribution in [1.29, 1.82) is 0 Å². The standard InChI is InChI=1S/C13H13NO4S/c1-8-2-4-9(5-3-8)6-10-12(17)14(7-11(15)16)13(18)19-10/h2-5,10H,6-7H2,1H3,(H,15,16). The Bertz CT molecular complexity index is 526. The van der Waals surface area contributed by atoms with Crippen molar-refractivity contribution in [3.05, 3.63) is 35.4 Å². The zero-order valence-electron chi connectivity index (χ0n) is 10.3. The molecule has 1 unspecified atom stereocenters.